The molecular formula is C16H31NO7Si. The number of rotatable bonds is 12. The van der Waals surface area contributed by atoms with Gasteiger partial charge in [-0.25, -0.2) is 9.59 Å². The largest absolute Gasteiger partial charge is 0.525 e. The SMILES string of the molecule is C=C(C)C(=O)OC(C)N(C(=O)O)C(CC)[Si](OCC)(OCC)OCC. The summed E-state index contributed by atoms with van der Waals surface area (Å²) in [4.78, 5) is 24.7. The number of esters is 1. The Labute approximate surface area is 151 Å². The minimum Gasteiger partial charge on any atom is -0.465 e. The van der Waals surface area contributed by atoms with E-state index in [1.54, 1.807) is 20.8 Å². The van der Waals surface area contributed by atoms with E-state index in [1.807, 2.05) is 6.92 Å². The van der Waals surface area contributed by atoms with Gasteiger partial charge in [-0.2, -0.15) is 0 Å². The van der Waals surface area contributed by atoms with Crippen LogP contribution in [0.25, 0.3) is 0 Å². The molecule has 2 atom stereocenters. The Hall–Kier alpha value is -1.42. The number of carbonyl (C=O) groups is 2. The van der Waals surface area contributed by atoms with Crippen molar-refractivity contribution in [3.63, 3.8) is 0 Å². The lowest BCUT2D eigenvalue weighted by Gasteiger charge is -2.41. The van der Waals surface area contributed by atoms with E-state index in [4.69, 9.17) is 18.0 Å². The summed E-state index contributed by atoms with van der Waals surface area (Å²) in [6.07, 6.45) is -1.90. The molecule has 0 aliphatic heterocycles. The van der Waals surface area contributed by atoms with Crippen LogP contribution in [0.2, 0.25) is 0 Å². The number of ether oxygens (including phenoxy) is 1. The summed E-state index contributed by atoms with van der Waals surface area (Å²) in [6.45, 7) is 14.6. The minimum absolute atomic E-state index is 0.188. The predicted molar refractivity (Wildman–Crippen MR) is 94.9 cm³/mol. The molecule has 0 aliphatic rings. The zero-order valence-corrected chi connectivity index (χ0v) is 17.0. The van der Waals surface area contributed by atoms with Gasteiger partial charge in [0.25, 0.3) is 0 Å². The molecule has 0 radical (unpaired) electrons. The molecule has 1 N–H and O–H groups in total. The molecule has 0 fully saturated rings. The third-order valence-corrected chi connectivity index (χ3v) is 6.98. The second-order valence-corrected chi connectivity index (χ2v) is 8.04. The van der Waals surface area contributed by atoms with Gasteiger partial charge in [-0.05, 0) is 41.0 Å². The monoisotopic (exact) mass is 377 g/mol. The summed E-state index contributed by atoms with van der Waals surface area (Å²) < 4.78 is 22.7. The zero-order chi connectivity index (χ0) is 19.6. The van der Waals surface area contributed by atoms with Crippen LogP contribution in [-0.2, 0) is 22.8 Å². The van der Waals surface area contributed by atoms with Gasteiger partial charge in [0.15, 0.2) is 6.23 Å². The summed E-state index contributed by atoms with van der Waals surface area (Å²) in [7, 11) is -3.36. The first kappa shape index (κ1) is 23.6. The molecular weight excluding hydrogens is 346 g/mol. The summed E-state index contributed by atoms with van der Waals surface area (Å²) in [5, 5.41) is 9.73. The van der Waals surface area contributed by atoms with E-state index in [0.29, 0.717) is 26.2 Å². The van der Waals surface area contributed by atoms with Gasteiger partial charge in [0.1, 0.15) is 5.67 Å². The van der Waals surface area contributed by atoms with Crippen LogP contribution >= 0.6 is 0 Å². The molecule has 0 aliphatic carbocycles. The molecule has 0 spiro atoms. The van der Waals surface area contributed by atoms with Gasteiger partial charge in [-0.15, -0.1) is 0 Å². The van der Waals surface area contributed by atoms with Crippen LogP contribution in [0.4, 0.5) is 4.79 Å². The standard InChI is InChI=1S/C16H31NO7Si/c1-8-14(25(21-9-2,22-10-3)23-11-4)17(16(19)20)13(7)24-15(18)12(5)6/h13-14H,5,8-11H2,1-4,6-7H3,(H,19,20). The lowest BCUT2D eigenvalue weighted by Crippen LogP contribution is -2.65. The fourth-order valence-corrected chi connectivity index (χ4v) is 5.68. The smallest absolute Gasteiger partial charge is 0.465 e. The molecule has 0 rings (SSSR count). The van der Waals surface area contributed by atoms with E-state index in [-0.39, 0.29) is 5.57 Å². The van der Waals surface area contributed by atoms with E-state index in [2.05, 4.69) is 6.58 Å². The van der Waals surface area contributed by atoms with Gasteiger partial charge in [0, 0.05) is 25.4 Å². The molecule has 1 amide bonds. The van der Waals surface area contributed by atoms with Gasteiger partial charge in [-0.1, -0.05) is 13.5 Å². The van der Waals surface area contributed by atoms with E-state index in [9.17, 15) is 14.7 Å². The molecule has 0 aromatic rings. The number of hydrogen-bond acceptors (Lipinski definition) is 6. The molecule has 25 heavy (non-hydrogen) atoms. The number of amides is 1. The fraction of sp³-hybridized carbons (Fsp3) is 0.750. The maximum atomic E-state index is 11.9. The molecule has 0 aromatic carbocycles. The van der Waals surface area contributed by atoms with Crippen molar-refractivity contribution in [2.75, 3.05) is 19.8 Å². The minimum atomic E-state index is -3.36. The number of nitrogens with zero attached hydrogens (tertiary/aromatic N) is 1. The maximum absolute atomic E-state index is 11.9. The summed E-state index contributed by atoms with van der Waals surface area (Å²) in [5.41, 5.74) is -0.522. The van der Waals surface area contributed by atoms with Gasteiger partial charge < -0.3 is 23.1 Å². The van der Waals surface area contributed by atoms with E-state index in [1.165, 1.54) is 13.8 Å². The Morgan fingerprint density at radius 3 is 1.80 bits per heavy atom. The van der Waals surface area contributed by atoms with Crippen LogP contribution in [0.5, 0.6) is 0 Å². The van der Waals surface area contributed by atoms with E-state index in [0.717, 1.165) is 4.90 Å². The first-order chi connectivity index (χ1) is 11.7. The van der Waals surface area contributed by atoms with Crippen molar-refractivity contribution in [2.24, 2.45) is 0 Å². The lowest BCUT2D eigenvalue weighted by molar-refractivity contribution is -0.152. The highest BCUT2D eigenvalue weighted by molar-refractivity contribution is 6.62. The average molecular weight is 378 g/mol. The van der Waals surface area contributed by atoms with E-state index < -0.39 is 32.8 Å². The van der Waals surface area contributed by atoms with Crippen LogP contribution in [0.1, 0.15) is 48.0 Å². The maximum Gasteiger partial charge on any atom is 0.525 e. The van der Waals surface area contributed by atoms with Crippen LogP contribution in [-0.4, -0.2) is 62.6 Å². The summed E-state index contributed by atoms with van der Waals surface area (Å²) in [6, 6.07) is 0. The first-order valence-corrected chi connectivity index (χ1v) is 10.3. The Bertz CT molecular complexity index is 441. The van der Waals surface area contributed by atoms with Crippen molar-refractivity contribution in [2.45, 2.75) is 59.9 Å². The summed E-state index contributed by atoms with van der Waals surface area (Å²) >= 11 is 0. The highest BCUT2D eigenvalue weighted by Crippen LogP contribution is 2.25. The molecule has 9 heteroatoms. The highest BCUT2D eigenvalue weighted by atomic mass is 28.4. The van der Waals surface area contributed by atoms with Crippen molar-refractivity contribution in [3.8, 4) is 0 Å². The van der Waals surface area contributed by atoms with Crippen LogP contribution < -0.4 is 0 Å². The zero-order valence-electron chi connectivity index (χ0n) is 16.0. The molecule has 0 bridgehead atoms. The molecule has 0 heterocycles. The van der Waals surface area contributed by atoms with Gasteiger partial charge in [0.05, 0.1) is 0 Å². The fourth-order valence-electron chi connectivity index (χ4n) is 2.49. The summed E-state index contributed by atoms with van der Waals surface area (Å²) in [5.74, 6) is -0.662. The first-order valence-electron chi connectivity index (χ1n) is 8.50. The topological polar surface area (TPSA) is 94.5 Å². The van der Waals surface area contributed by atoms with Crippen molar-refractivity contribution in [1.82, 2.24) is 4.90 Å². The number of carbonyl (C=O) groups excluding carboxylic acids is 1. The second kappa shape index (κ2) is 11.2. The van der Waals surface area contributed by atoms with Crippen LogP contribution in [0.3, 0.4) is 0 Å². The normalized spacial score (nSPS) is 13.8. The Balaban J connectivity index is 5.83. The Kier molecular flexibility index (Phi) is 10.6. The Morgan fingerprint density at radius 2 is 1.52 bits per heavy atom. The van der Waals surface area contributed by atoms with Crippen molar-refractivity contribution in [3.05, 3.63) is 12.2 Å². The molecule has 8 nitrogen and oxygen atoms in total. The third-order valence-electron chi connectivity index (χ3n) is 3.41. The van der Waals surface area contributed by atoms with Crippen LogP contribution in [0.15, 0.2) is 12.2 Å². The van der Waals surface area contributed by atoms with Crippen LogP contribution in [0, 0.1) is 0 Å². The van der Waals surface area contributed by atoms with Crippen molar-refractivity contribution in [1.29, 1.82) is 0 Å². The van der Waals surface area contributed by atoms with Crippen molar-refractivity contribution < 1.29 is 32.7 Å². The molecule has 2 unspecified atom stereocenters. The van der Waals surface area contributed by atoms with Crippen molar-refractivity contribution >= 4 is 20.9 Å². The molecule has 0 saturated carbocycles. The third kappa shape index (κ3) is 6.42. The average Bonchev–Trinajstić information content (AvgIpc) is 2.52. The van der Waals surface area contributed by atoms with E-state index >= 15 is 0 Å². The quantitative estimate of drug-likeness (QED) is 0.242. The molecule has 0 saturated heterocycles. The van der Waals surface area contributed by atoms with Gasteiger partial charge >= 0.3 is 20.9 Å². The number of carboxylic acid groups (broad SMARTS) is 1. The molecule has 0 aromatic heterocycles. The van der Waals surface area contributed by atoms with Gasteiger partial charge in [0.2, 0.25) is 0 Å². The lowest BCUT2D eigenvalue weighted by atomic mass is 10.3. The van der Waals surface area contributed by atoms with Gasteiger partial charge in [-0.3, -0.25) is 4.90 Å². The predicted octanol–water partition coefficient (Wildman–Crippen LogP) is 2.80. The molecule has 146 valence electrons. The second-order valence-electron chi connectivity index (χ2n) is 5.30. The highest BCUT2D eigenvalue weighted by Gasteiger charge is 2.54. The Morgan fingerprint density at radius 1 is 1.08 bits per heavy atom. The number of hydrogen-bond donors (Lipinski definition) is 1.